The highest BCUT2D eigenvalue weighted by Crippen LogP contribution is 2.38. The van der Waals surface area contributed by atoms with E-state index in [0.717, 1.165) is 11.1 Å². The molecule has 0 aliphatic rings. The van der Waals surface area contributed by atoms with E-state index < -0.39 is 15.9 Å². The molecule has 3 aromatic rings. The van der Waals surface area contributed by atoms with Gasteiger partial charge in [0.25, 0.3) is 5.91 Å². The SMILES string of the molecule is COc1cc(CNC(=O)c2ccc(C)c(S(=O)(=O)NCc3ccccc3)c2)cc(OC)c1OC. The molecule has 0 atom stereocenters. The maximum Gasteiger partial charge on any atom is 0.251 e. The van der Waals surface area contributed by atoms with E-state index in [1.54, 1.807) is 31.2 Å². The Morgan fingerprint density at radius 2 is 1.47 bits per heavy atom. The first-order chi connectivity index (χ1) is 16.3. The van der Waals surface area contributed by atoms with Gasteiger partial charge in [0.2, 0.25) is 15.8 Å². The number of nitrogens with one attached hydrogen (secondary N) is 2. The lowest BCUT2D eigenvalue weighted by Gasteiger charge is -2.15. The summed E-state index contributed by atoms with van der Waals surface area (Å²) in [7, 11) is 0.726. The van der Waals surface area contributed by atoms with Gasteiger partial charge >= 0.3 is 0 Å². The lowest BCUT2D eigenvalue weighted by molar-refractivity contribution is 0.0950. The highest BCUT2D eigenvalue weighted by molar-refractivity contribution is 7.89. The van der Waals surface area contributed by atoms with Crippen molar-refractivity contribution in [2.75, 3.05) is 21.3 Å². The Hall–Kier alpha value is -3.56. The molecule has 0 fully saturated rings. The molecule has 3 aromatic carbocycles. The standard InChI is InChI=1S/C25H28N2O6S/c1-17-10-11-20(14-23(17)34(29,30)27-16-18-8-6-5-7-9-18)25(28)26-15-19-12-21(31-2)24(33-4)22(13-19)32-3/h5-14,27H,15-16H2,1-4H3,(H,26,28). The first-order valence-corrected chi connectivity index (χ1v) is 12.0. The monoisotopic (exact) mass is 484 g/mol. The highest BCUT2D eigenvalue weighted by Gasteiger charge is 2.19. The molecule has 9 heteroatoms. The van der Waals surface area contributed by atoms with Gasteiger partial charge in [-0.25, -0.2) is 13.1 Å². The maximum atomic E-state index is 12.9. The minimum atomic E-state index is -3.81. The van der Waals surface area contributed by atoms with Crippen LogP contribution in [-0.4, -0.2) is 35.7 Å². The molecule has 0 saturated carbocycles. The summed E-state index contributed by atoms with van der Waals surface area (Å²) in [4.78, 5) is 12.9. The number of ether oxygens (including phenoxy) is 3. The number of carbonyl (C=O) groups is 1. The third kappa shape index (κ3) is 5.86. The normalized spacial score (nSPS) is 11.1. The van der Waals surface area contributed by atoms with Gasteiger partial charge in [0.05, 0.1) is 26.2 Å². The third-order valence-corrected chi connectivity index (χ3v) is 6.77. The molecule has 0 spiro atoms. The molecule has 0 radical (unpaired) electrons. The van der Waals surface area contributed by atoms with Crippen LogP contribution in [0.15, 0.2) is 65.6 Å². The predicted molar refractivity (Wildman–Crippen MR) is 129 cm³/mol. The summed E-state index contributed by atoms with van der Waals surface area (Å²) in [5.41, 5.74) is 2.34. The summed E-state index contributed by atoms with van der Waals surface area (Å²) >= 11 is 0. The summed E-state index contributed by atoms with van der Waals surface area (Å²) in [6, 6.07) is 17.3. The van der Waals surface area contributed by atoms with E-state index >= 15 is 0 Å². The molecule has 8 nitrogen and oxygen atoms in total. The Balaban J connectivity index is 1.76. The zero-order chi connectivity index (χ0) is 24.7. The minimum absolute atomic E-state index is 0.0591. The van der Waals surface area contributed by atoms with Crippen LogP contribution in [0.2, 0.25) is 0 Å². The summed E-state index contributed by atoms with van der Waals surface area (Å²) in [5.74, 6) is 0.989. The van der Waals surface area contributed by atoms with Crippen LogP contribution in [0.1, 0.15) is 27.0 Å². The fourth-order valence-corrected chi connectivity index (χ4v) is 4.69. The number of carbonyl (C=O) groups excluding carboxylic acids is 1. The molecule has 1 amide bonds. The smallest absolute Gasteiger partial charge is 0.251 e. The summed E-state index contributed by atoms with van der Waals surface area (Å²) in [6.45, 7) is 2.02. The van der Waals surface area contributed by atoms with Crippen molar-refractivity contribution in [3.05, 3.63) is 82.9 Å². The molecular weight excluding hydrogens is 456 g/mol. The van der Waals surface area contributed by atoms with E-state index in [0.29, 0.717) is 22.8 Å². The van der Waals surface area contributed by atoms with E-state index in [-0.39, 0.29) is 23.5 Å². The van der Waals surface area contributed by atoms with Crippen molar-refractivity contribution in [2.24, 2.45) is 0 Å². The van der Waals surface area contributed by atoms with Gasteiger partial charge in [-0.05, 0) is 47.9 Å². The molecule has 180 valence electrons. The van der Waals surface area contributed by atoms with Crippen LogP contribution >= 0.6 is 0 Å². The van der Waals surface area contributed by atoms with Crippen LogP contribution in [-0.2, 0) is 23.1 Å². The minimum Gasteiger partial charge on any atom is -0.493 e. The number of hydrogen-bond donors (Lipinski definition) is 2. The molecule has 3 rings (SSSR count). The Morgan fingerprint density at radius 3 is 2.06 bits per heavy atom. The highest BCUT2D eigenvalue weighted by atomic mass is 32.2. The Labute approximate surface area is 199 Å². The van der Waals surface area contributed by atoms with Gasteiger partial charge in [-0.1, -0.05) is 36.4 Å². The second-order valence-corrected chi connectivity index (χ2v) is 9.24. The van der Waals surface area contributed by atoms with Crippen molar-refractivity contribution < 1.29 is 27.4 Å². The van der Waals surface area contributed by atoms with Gasteiger partial charge in [-0.3, -0.25) is 4.79 Å². The molecule has 34 heavy (non-hydrogen) atoms. The Morgan fingerprint density at radius 1 is 0.824 bits per heavy atom. The molecule has 0 aliphatic heterocycles. The van der Waals surface area contributed by atoms with Crippen molar-refractivity contribution in [2.45, 2.75) is 24.9 Å². The Kier molecular flexibility index (Phi) is 8.14. The molecule has 2 N–H and O–H groups in total. The Bertz CT molecular complexity index is 1230. The van der Waals surface area contributed by atoms with E-state index in [2.05, 4.69) is 10.0 Å². The van der Waals surface area contributed by atoms with Crippen LogP contribution in [0.5, 0.6) is 17.2 Å². The average Bonchev–Trinajstić information content (AvgIpc) is 2.86. The van der Waals surface area contributed by atoms with E-state index in [9.17, 15) is 13.2 Å². The average molecular weight is 485 g/mol. The van der Waals surface area contributed by atoms with Gasteiger partial charge in [0, 0.05) is 18.7 Å². The lowest BCUT2D eigenvalue weighted by atomic mass is 10.1. The van der Waals surface area contributed by atoms with Crippen molar-refractivity contribution >= 4 is 15.9 Å². The summed E-state index contributed by atoms with van der Waals surface area (Å²) in [6.07, 6.45) is 0. The maximum absolute atomic E-state index is 12.9. The molecule has 0 unspecified atom stereocenters. The lowest BCUT2D eigenvalue weighted by Crippen LogP contribution is -2.26. The zero-order valence-electron chi connectivity index (χ0n) is 19.5. The van der Waals surface area contributed by atoms with Gasteiger partial charge in [-0.15, -0.1) is 0 Å². The van der Waals surface area contributed by atoms with Crippen molar-refractivity contribution in [1.29, 1.82) is 0 Å². The largest absolute Gasteiger partial charge is 0.493 e. The van der Waals surface area contributed by atoms with Crippen LogP contribution in [0.25, 0.3) is 0 Å². The van der Waals surface area contributed by atoms with Gasteiger partial charge in [0.1, 0.15) is 0 Å². The van der Waals surface area contributed by atoms with Crippen molar-refractivity contribution in [3.63, 3.8) is 0 Å². The van der Waals surface area contributed by atoms with Crippen LogP contribution in [0, 0.1) is 6.92 Å². The predicted octanol–water partition coefficient (Wildman–Crippen LogP) is 3.43. The summed E-state index contributed by atoms with van der Waals surface area (Å²) < 4.78 is 44.4. The van der Waals surface area contributed by atoms with E-state index in [1.165, 1.54) is 27.4 Å². The second-order valence-electron chi connectivity index (χ2n) is 7.51. The number of aryl methyl sites for hydroxylation is 1. The van der Waals surface area contributed by atoms with Crippen molar-refractivity contribution in [3.8, 4) is 17.2 Å². The van der Waals surface area contributed by atoms with E-state index in [4.69, 9.17) is 14.2 Å². The number of methoxy groups -OCH3 is 3. The number of benzene rings is 3. The number of sulfonamides is 1. The quantitative estimate of drug-likeness (QED) is 0.457. The first kappa shape index (κ1) is 25.1. The van der Waals surface area contributed by atoms with Crippen LogP contribution < -0.4 is 24.2 Å². The molecule has 0 aliphatic carbocycles. The zero-order valence-corrected chi connectivity index (χ0v) is 20.4. The van der Waals surface area contributed by atoms with Gasteiger partial charge < -0.3 is 19.5 Å². The molecule has 0 aromatic heterocycles. The number of amides is 1. The topological polar surface area (TPSA) is 103 Å². The fraction of sp³-hybridized carbons (Fsp3) is 0.240. The summed E-state index contributed by atoms with van der Waals surface area (Å²) in [5, 5.41) is 2.81. The van der Waals surface area contributed by atoms with Crippen molar-refractivity contribution in [1.82, 2.24) is 10.0 Å². The van der Waals surface area contributed by atoms with Gasteiger partial charge in [-0.2, -0.15) is 0 Å². The second kappa shape index (κ2) is 11.0. The molecule has 0 saturated heterocycles. The number of rotatable bonds is 10. The molecule has 0 heterocycles. The molecule has 0 bridgehead atoms. The number of hydrogen-bond acceptors (Lipinski definition) is 6. The van der Waals surface area contributed by atoms with E-state index in [1.807, 2.05) is 30.3 Å². The van der Waals surface area contributed by atoms with Gasteiger partial charge in [0.15, 0.2) is 11.5 Å². The fourth-order valence-electron chi connectivity index (χ4n) is 3.40. The first-order valence-electron chi connectivity index (χ1n) is 10.5. The molecular formula is C25H28N2O6S. The third-order valence-electron chi connectivity index (χ3n) is 5.23. The van der Waals surface area contributed by atoms with Crippen LogP contribution in [0.4, 0.5) is 0 Å². The van der Waals surface area contributed by atoms with Crippen LogP contribution in [0.3, 0.4) is 0 Å².